The van der Waals surface area contributed by atoms with Crippen LogP contribution in [0.1, 0.15) is 43.2 Å². The maximum absolute atomic E-state index is 12.0. The lowest BCUT2D eigenvalue weighted by molar-refractivity contribution is 0.0923. The zero-order valence-corrected chi connectivity index (χ0v) is 11.7. The summed E-state index contributed by atoms with van der Waals surface area (Å²) >= 11 is 0. The molecule has 0 aliphatic carbocycles. The molecule has 2 atom stereocenters. The van der Waals surface area contributed by atoms with Gasteiger partial charge in [-0.25, -0.2) is 4.98 Å². The fraction of sp³-hybridized carbons (Fsp3) is 0.467. The van der Waals surface area contributed by atoms with Crippen LogP contribution in [0.25, 0.3) is 0 Å². The number of aromatic nitrogens is 1. The minimum absolute atomic E-state index is 0.135. The van der Waals surface area contributed by atoms with Crippen molar-refractivity contribution in [2.45, 2.75) is 33.2 Å². The van der Waals surface area contributed by atoms with Gasteiger partial charge in [-0.2, -0.15) is 0 Å². The Kier molecular flexibility index (Phi) is 6.04. The molecule has 0 spiro atoms. The quantitative estimate of drug-likeness (QED) is 0.806. The van der Waals surface area contributed by atoms with Gasteiger partial charge in [-0.05, 0) is 25.0 Å². The number of nitrogens with two attached hydrogens (primary N) is 1. The summed E-state index contributed by atoms with van der Waals surface area (Å²) in [5.41, 5.74) is 6.46. The first-order chi connectivity index (χ1) is 9.08. The lowest BCUT2D eigenvalue weighted by Crippen LogP contribution is -2.37. The highest BCUT2D eigenvalue weighted by molar-refractivity contribution is 5.92. The Balaban J connectivity index is 2.68. The Morgan fingerprint density at radius 2 is 2.21 bits per heavy atom. The van der Waals surface area contributed by atoms with Crippen molar-refractivity contribution in [3.05, 3.63) is 29.6 Å². The van der Waals surface area contributed by atoms with Gasteiger partial charge in [-0.3, -0.25) is 4.79 Å². The molecule has 102 valence electrons. The van der Waals surface area contributed by atoms with Crippen LogP contribution in [-0.2, 0) is 0 Å². The second-order valence-electron chi connectivity index (χ2n) is 4.59. The normalized spacial score (nSPS) is 13.1. The summed E-state index contributed by atoms with van der Waals surface area (Å²) in [6, 6.07) is 3.59. The molecule has 1 rings (SSSR count). The van der Waals surface area contributed by atoms with Gasteiger partial charge in [0.2, 0.25) is 0 Å². The molecule has 0 fully saturated rings. The van der Waals surface area contributed by atoms with Gasteiger partial charge in [0.05, 0.1) is 6.54 Å². The molecule has 0 aliphatic rings. The highest BCUT2D eigenvalue weighted by Gasteiger charge is 2.14. The lowest BCUT2D eigenvalue weighted by Gasteiger charge is -2.19. The number of nitrogens with one attached hydrogen (secondary N) is 1. The number of amides is 1. The molecule has 0 aliphatic heterocycles. The highest BCUT2D eigenvalue weighted by atomic mass is 16.1. The van der Waals surface area contributed by atoms with E-state index in [1.54, 1.807) is 18.3 Å². The standard InChI is InChI=1S/C15H21N3O/c1-4-11(2)12(3)18-15(19)14-8-7-13(10-17-14)6-5-9-16/h7-8,10-12H,4,9,16H2,1-3H3,(H,18,19). The average molecular weight is 259 g/mol. The maximum Gasteiger partial charge on any atom is 0.270 e. The van der Waals surface area contributed by atoms with Crippen LogP contribution in [0.2, 0.25) is 0 Å². The van der Waals surface area contributed by atoms with Crippen molar-refractivity contribution in [2.24, 2.45) is 11.7 Å². The molecule has 4 heteroatoms. The molecule has 3 N–H and O–H groups in total. The van der Waals surface area contributed by atoms with Gasteiger partial charge in [0.1, 0.15) is 5.69 Å². The van der Waals surface area contributed by atoms with E-state index < -0.39 is 0 Å². The summed E-state index contributed by atoms with van der Waals surface area (Å²) in [4.78, 5) is 16.1. The molecule has 0 aromatic carbocycles. The summed E-state index contributed by atoms with van der Waals surface area (Å²) < 4.78 is 0. The fourth-order valence-corrected chi connectivity index (χ4v) is 1.53. The number of nitrogens with zero attached hydrogens (tertiary/aromatic N) is 1. The largest absolute Gasteiger partial charge is 0.348 e. The van der Waals surface area contributed by atoms with Crippen LogP contribution < -0.4 is 11.1 Å². The molecular weight excluding hydrogens is 238 g/mol. The molecule has 1 amide bonds. The van der Waals surface area contributed by atoms with Crippen molar-refractivity contribution in [3.63, 3.8) is 0 Å². The highest BCUT2D eigenvalue weighted by Crippen LogP contribution is 2.07. The van der Waals surface area contributed by atoms with Crippen LogP contribution in [0.4, 0.5) is 0 Å². The number of rotatable bonds is 4. The maximum atomic E-state index is 12.0. The fourth-order valence-electron chi connectivity index (χ4n) is 1.53. The number of hydrogen-bond donors (Lipinski definition) is 2. The Bertz CT molecular complexity index is 470. The first kappa shape index (κ1) is 15.2. The smallest absolute Gasteiger partial charge is 0.270 e. The van der Waals surface area contributed by atoms with E-state index in [4.69, 9.17) is 5.73 Å². The SMILES string of the molecule is CCC(C)C(C)NC(=O)c1ccc(C#CCN)cn1. The Morgan fingerprint density at radius 3 is 2.74 bits per heavy atom. The summed E-state index contributed by atoms with van der Waals surface area (Å²) in [6.07, 6.45) is 2.62. The third-order valence-electron chi connectivity index (χ3n) is 3.19. The second-order valence-corrected chi connectivity index (χ2v) is 4.59. The van der Waals surface area contributed by atoms with Gasteiger partial charge in [0.15, 0.2) is 0 Å². The lowest BCUT2D eigenvalue weighted by atomic mass is 10.0. The molecule has 1 aromatic rings. The van der Waals surface area contributed by atoms with Gasteiger partial charge in [0.25, 0.3) is 5.91 Å². The van der Waals surface area contributed by atoms with Crippen molar-refractivity contribution >= 4 is 5.91 Å². The molecular formula is C15H21N3O. The van der Waals surface area contributed by atoms with Crippen LogP contribution in [0, 0.1) is 17.8 Å². The molecule has 2 unspecified atom stereocenters. The molecule has 1 aromatic heterocycles. The Morgan fingerprint density at radius 1 is 1.47 bits per heavy atom. The van der Waals surface area contributed by atoms with Crippen molar-refractivity contribution < 1.29 is 4.79 Å². The van der Waals surface area contributed by atoms with Crippen LogP contribution in [-0.4, -0.2) is 23.5 Å². The van der Waals surface area contributed by atoms with E-state index in [0.29, 0.717) is 18.2 Å². The second kappa shape index (κ2) is 7.55. The zero-order chi connectivity index (χ0) is 14.3. The zero-order valence-electron chi connectivity index (χ0n) is 11.7. The van der Waals surface area contributed by atoms with Crippen molar-refractivity contribution in [1.82, 2.24) is 10.3 Å². The predicted octanol–water partition coefficient (Wildman–Crippen LogP) is 1.56. The van der Waals surface area contributed by atoms with Crippen molar-refractivity contribution in [2.75, 3.05) is 6.54 Å². The van der Waals surface area contributed by atoms with Crippen molar-refractivity contribution in [1.29, 1.82) is 0 Å². The van der Waals surface area contributed by atoms with E-state index >= 15 is 0 Å². The van der Waals surface area contributed by atoms with E-state index in [1.165, 1.54) is 0 Å². The van der Waals surface area contributed by atoms with Crippen LogP contribution in [0.5, 0.6) is 0 Å². The molecule has 0 saturated heterocycles. The van der Waals surface area contributed by atoms with E-state index in [9.17, 15) is 4.79 Å². The summed E-state index contributed by atoms with van der Waals surface area (Å²) in [5.74, 6) is 5.91. The minimum Gasteiger partial charge on any atom is -0.348 e. The van der Waals surface area contributed by atoms with Crippen LogP contribution in [0.15, 0.2) is 18.3 Å². The molecule has 19 heavy (non-hydrogen) atoms. The number of pyridine rings is 1. The van der Waals surface area contributed by atoms with E-state index in [2.05, 4.69) is 36.0 Å². The van der Waals surface area contributed by atoms with Gasteiger partial charge in [-0.15, -0.1) is 0 Å². The van der Waals surface area contributed by atoms with E-state index in [1.807, 2.05) is 6.92 Å². The summed E-state index contributed by atoms with van der Waals surface area (Å²) in [7, 11) is 0. The van der Waals surface area contributed by atoms with Gasteiger partial charge in [-0.1, -0.05) is 32.1 Å². The molecule has 0 bridgehead atoms. The average Bonchev–Trinajstić information content (AvgIpc) is 2.44. The molecule has 0 saturated carbocycles. The van der Waals surface area contributed by atoms with E-state index in [-0.39, 0.29) is 11.9 Å². The summed E-state index contributed by atoms with van der Waals surface area (Å²) in [6.45, 7) is 6.54. The summed E-state index contributed by atoms with van der Waals surface area (Å²) in [5, 5.41) is 2.95. The molecule has 4 nitrogen and oxygen atoms in total. The number of carbonyl (C=O) groups is 1. The molecule has 1 heterocycles. The molecule has 0 radical (unpaired) electrons. The van der Waals surface area contributed by atoms with Gasteiger partial charge in [0, 0.05) is 17.8 Å². The minimum atomic E-state index is -0.147. The van der Waals surface area contributed by atoms with Crippen molar-refractivity contribution in [3.8, 4) is 11.8 Å². The van der Waals surface area contributed by atoms with Crippen LogP contribution >= 0.6 is 0 Å². The van der Waals surface area contributed by atoms with E-state index in [0.717, 1.165) is 12.0 Å². The first-order valence-corrected chi connectivity index (χ1v) is 6.54. The number of hydrogen-bond acceptors (Lipinski definition) is 3. The predicted molar refractivity (Wildman–Crippen MR) is 76.6 cm³/mol. The third-order valence-corrected chi connectivity index (χ3v) is 3.19. The third kappa shape index (κ3) is 4.72. The first-order valence-electron chi connectivity index (χ1n) is 6.54. The van der Waals surface area contributed by atoms with Gasteiger partial charge < -0.3 is 11.1 Å². The Labute approximate surface area is 114 Å². The Hall–Kier alpha value is -1.86. The topological polar surface area (TPSA) is 68.0 Å². The number of carbonyl (C=O) groups excluding carboxylic acids is 1. The van der Waals surface area contributed by atoms with Gasteiger partial charge >= 0.3 is 0 Å². The van der Waals surface area contributed by atoms with Crippen LogP contribution in [0.3, 0.4) is 0 Å². The monoisotopic (exact) mass is 259 g/mol.